The van der Waals surface area contributed by atoms with Gasteiger partial charge in [-0.3, -0.25) is 4.79 Å². The molecular formula is C19H32N6O3S. The van der Waals surface area contributed by atoms with E-state index in [1.54, 1.807) is 11.1 Å². The van der Waals surface area contributed by atoms with E-state index in [0.29, 0.717) is 43.3 Å². The van der Waals surface area contributed by atoms with Gasteiger partial charge in [0.1, 0.15) is 0 Å². The van der Waals surface area contributed by atoms with Crippen molar-refractivity contribution in [3.63, 3.8) is 0 Å². The fourth-order valence-corrected chi connectivity index (χ4v) is 4.83. The summed E-state index contributed by atoms with van der Waals surface area (Å²) in [6.07, 6.45) is 6.86. The Morgan fingerprint density at radius 2 is 2.00 bits per heavy atom. The SMILES string of the molecule is CN(C)c1ncc(C(=O)NCCCN2CCCC2)c(C2CCN(S(C)(=O)=O)C2)n1. The molecule has 9 nitrogen and oxygen atoms in total. The van der Waals surface area contributed by atoms with Crippen LogP contribution < -0.4 is 10.2 Å². The molecule has 3 heterocycles. The molecule has 1 N–H and O–H groups in total. The maximum Gasteiger partial charge on any atom is 0.254 e. The number of carbonyl (C=O) groups excluding carboxylic acids is 1. The Bertz CT molecular complexity index is 823. The van der Waals surface area contributed by atoms with Gasteiger partial charge in [-0.1, -0.05) is 0 Å². The van der Waals surface area contributed by atoms with E-state index >= 15 is 0 Å². The minimum Gasteiger partial charge on any atom is -0.352 e. The van der Waals surface area contributed by atoms with Gasteiger partial charge in [0.2, 0.25) is 16.0 Å². The normalized spacial score (nSPS) is 20.9. The summed E-state index contributed by atoms with van der Waals surface area (Å²) in [6.45, 7) is 4.69. The zero-order chi connectivity index (χ0) is 21.0. The molecule has 10 heteroatoms. The lowest BCUT2D eigenvalue weighted by molar-refractivity contribution is 0.0949. The molecule has 162 valence electrons. The van der Waals surface area contributed by atoms with Gasteiger partial charge in [-0.2, -0.15) is 0 Å². The maximum absolute atomic E-state index is 12.8. The smallest absolute Gasteiger partial charge is 0.254 e. The zero-order valence-electron chi connectivity index (χ0n) is 17.6. The van der Waals surface area contributed by atoms with Crippen molar-refractivity contribution < 1.29 is 13.2 Å². The number of aromatic nitrogens is 2. The molecule has 29 heavy (non-hydrogen) atoms. The monoisotopic (exact) mass is 424 g/mol. The van der Waals surface area contributed by atoms with Crippen LogP contribution >= 0.6 is 0 Å². The number of nitrogens with one attached hydrogen (secondary N) is 1. The van der Waals surface area contributed by atoms with Gasteiger partial charge in [0, 0.05) is 45.8 Å². The maximum atomic E-state index is 12.8. The molecule has 1 aromatic heterocycles. The summed E-state index contributed by atoms with van der Waals surface area (Å²) >= 11 is 0. The highest BCUT2D eigenvalue weighted by Crippen LogP contribution is 2.30. The van der Waals surface area contributed by atoms with Crippen molar-refractivity contribution in [1.29, 1.82) is 0 Å². The fourth-order valence-electron chi connectivity index (χ4n) is 3.95. The third-order valence-electron chi connectivity index (χ3n) is 5.59. The highest BCUT2D eigenvalue weighted by Gasteiger charge is 2.33. The van der Waals surface area contributed by atoms with Gasteiger partial charge in [-0.15, -0.1) is 0 Å². The van der Waals surface area contributed by atoms with Gasteiger partial charge < -0.3 is 15.1 Å². The molecule has 2 aliphatic heterocycles. The largest absolute Gasteiger partial charge is 0.352 e. The number of anilines is 1. The number of amides is 1. The summed E-state index contributed by atoms with van der Waals surface area (Å²) in [5, 5.41) is 2.99. The highest BCUT2D eigenvalue weighted by atomic mass is 32.2. The Balaban J connectivity index is 1.69. The summed E-state index contributed by atoms with van der Waals surface area (Å²) in [5.41, 5.74) is 1.07. The van der Waals surface area contributed by atoms with Crippen LogP contribution in [0.4, 0.5) is 5.95 Å². The standard InChI is InChI=1S/C19H32N6O3S/c1-23(2)19-21-13-16(18(26)20-8-6-11-24-9-4-5-10-24)17(22-19)15-7-12-25(14-15)29(3,27)28/h13,15H,4-12,14H2,1-3H3,(H,20,26). The van der Waals surface area contributed by atoms with Gasteiger partial charge in [-0.05, 0) is 45.3 Å². The van der Waals surface area contributed by atoms with E-state index in [0.717, 1.165) is 26.1 Å². The second-order valence-electron chi connectivity index (χ2n) is 8.13. The number of likely N-dealkylation sites (tertiary alicyclic amines) is 1. The minimum absolute atomic E-state index is 0.114. The topological polar surface area (TPSA) is 98.7 Å². The number of hydrogen-bond acceptors (Lipinski definition) is 7. The molecule has 0 aromatic carbocycles. The molecule has 2 aliphatic rings. The van der Waals surface area contributed by atoms with Crippen molar-refractivity contribution in [1.82, 2.24) is 24.5 Å². The Morgan fingerprint density at radius 1 is 1.28 bits per heavy atom. The van der Waals surface area contributed by atoms with Crippen LogP contribution in [0.25, 0.3) is 0 Å². The Labute approximate surface area is 173 Å². The van der Waals surface area contributed by atoms with Crippen molar-refractivity contribution in [3.8, 4) is 0 Å². The third kappa shape index (κ3) is 5.64. The van der Waals surface area contributed by atoms with Crippen LogP contribution in [0, 0.1) is 0 Å². The Morgan fingerprint density at radius 3 is 2.62 bits per heavy atom. The number of nitrogens with zero attached hydrogens (tertiary/aromatic N) is 5. The summed E-state index contributed by atoms with van der Waals surface area (Å²) < 4.78 is 25.2. The van der Waals surface area contributed by atoms with E-state index in [2.05, 4.69) is 20.2 Å². The summed E-state index contributed by atoms with van der Waals surface area (Å²) in [7, 11) is 0.429. The summed E-state index contributed by atoms with van der Waals surface area (Å²) in [6, 6.07) is 0. The van der Waals surface area contributed by atoms with Crippen LogP contribution in [-0.2, 0) is 10.0 Å². The van der Waals surface area contributed by atoms with Crippen molar-refractivity contribution in [2.45, 2.75) is 31.6 Å². The van der Waals surface area contributed by atoms with Crippen LogP contribution in [0.15, 0.2) is 6.20 Å². The lowest BCUT2D eigenvalue weighted by Gasteiger charge is -2.19. The van der Waals surface area contributed by atoms with Crippen LogP contribution in [0.2, 0.25) is 0 Å². The minimum atomic E-state index is -3.25. The average Bonchev–Trinajstić information content (AvgIpc) is 3.36. The average molecular weight is 425 g/mol. The Kier molecular flexibility index (Phi) is 7.07. The van der Waals surface area contributed by atoms with Gasteiger partial charge in [0.05, 0.1) is 17.5 Å². The number of carbonyl (C=O) groups is 1. The van der Waals surface area contributed by atoms with Crippen molar-refractivity contribution in [2.24, 2.45) is 0 Å². The molecular weight excluding hydrogens is 392 g/mol. The first kappa shape index (κ1) is 21.9. The molecule has 2 fully saturated rings. The Hall–Kier alpha value is -1.78. The zero-order valence-corrected chi connectivity index (χ0v) is 18.4. The molecule has 0 aliphatic carbocycles. The number of rotatable bonds is 8. The second-order valence-corrected chi connectivity index (χ2v) is 10.1. The van der Waals surface area contributed by atoms with Crippen LogP contribution in [0.3, 0.4) is 0 Å². The summed E-state index contributed by atoms with van der Waals surface area (Å²) in [4.78, 5) is 25.9. The quantitative estimate of drug-likeness (QED) is 0.607. The molecule has 0 spiro atoms. The highest BCUT2D eigenvalue weighted by molar-refractivity contribution is 7.88. The molecule has 0 saturated carbocycles. The lowest BCUT2D eigenvalue weighted by Crippen LogP contribution is -2.31. The second kappa shape index (κ2) is 9.36. The van der Waals surface area contributed by atoms with E-state index in [-0.39, 0.29) is 11.8 Å². The van der Waals surface area contributed by atoms with Crippen LogP contribution in [0.1, 0.15) is 47.7 Å². The molecule has 3 rings (SSSR count). The van der Waals surface area contributed by atoms with Gasteiger partial charge >= 0.3 is 0 Å². The molecule has 1 atom stereocenters. The number of sulfonamides is 1. The van der Waals surface area contributed by atoms with Gasteiger partial charge in [0.25, 0.3) is 5.91 Å². The van der Waals surface area contributed by atoms with E-state index in [1.807, 2.05) is 14.1 Å². The van der Waals surface area contributed by atoms with Crippen molar-refractivity contribution >= 4 is 21.9 Å². The molecule has 1 unspecified atom stereocenters. The molecule has 2 saturated heterocycles. The van der Waals surface area contributed by atoms with E-state index in [9.17, 15) is 13.2 Å². The van der Waals surface area contributed by atoms with E-state index in [4.69, 9.17) is 0 Å². The summed E-state index contributed by atoms with van der Waals surface area (Å²) in [5.74, 6) is 0.213. The lowest BCUT2D eigenvalue weighted by atomic mass is 10.00. The van der Waals surface area contributed by atoms with Crippen molar-refractivity contribution in [3.05, 3.63) is 17.5 Å². The van der Waals surface area contributed by atoms with Gasteiger partial charge in [-0.25, -0.2) is 22.7 Å². The van der Waals surface area contributed by atoms with Crippen molar-refractivity contribution in [2.75, 3.05) is 64.5 Å². The van der Waals surface area contributed by atoms with E-state index in [1.165, 1.54) is 23.4 Å². The van der Waals surface area contributed by atoms with Crippen LogP contribution in [-0.4, -0.2) is 93.1 Å². The molecule has 0 radical (unpaired) electrons. The van der Waals surface area contributed by atoms with Gasteiger partial charge in [0.15, 0.2) is 0 Å². The first-order chi connectivity index (χ1) is 13.8. The first-order valence-electron chi connectivity index (χ1n) is 10.3. The predicted molar refractivity (Wildman–Crippen MR) is 113 cm³/mol. The molecule has 1 amide bonds. The fraction of sp³-hybridized carbons (Fsp3) is 0.737. The number of hydrogen-bond donors (Lipinski definition) is 1. The van der Waals surface area contributed by atoms with E-state index < -0.39 is 10.0 Å². The molecule has 0 bridgehead atoms. The predicted octanol–water partition coefficient (Wildman–Crippen LogP) is 0.507. The molecule has 1 aromatic rings. The first-order valence-corrected chi connectivity index (χ1v) is 12.1. The van der Waals surface area contributed by atoms with Crippen LogP contribution in [0.5, 0.6) is 0 Å². The third-order valence-corrected chi connectivity index (χ3v) is 6.86.